The van der Waals surface area contributed by atoms with E-state index in [-0.39, 0.29) is 0 Å². The van der Waals surface area contributed by atoms with E-state index in [2.05, 4.69) is 24.2 Å². The molecule has 0 atom stereocenters. The molecule has 11 heavy (non-hydrogen) atoms. The first-order chi connectivity index (χ1) is 5.38. The van der Waals surface area contributed by atoms with Crippen LogP contribution in [0.4, 0.5) is 0 Å². The maximum absolute atomic E-state index is 4.17. The molecular formula is C10H11N. The molecule has 0 aromatic rings. The number of hydrogen-bond donors (Lipinski definition) is 0. The van der Waals surface area contributed by atoms with Gasteiger partial charge in [-0.25, -0.2) is 0 Å². The average molecular weight is 145 g/mol. The molecular weight excluding hydrogens is 134 g/mol. The molecule has 1 rings (SSSR count). The van der Waals surface area contributed by atoms with E-state index in [0.717, 1.165) is 17.7 Å². The Morgan fingerprint density at radius 2 is 2.18 bits per heavy atom. The van der Waals surface area contributed by atoms with E-state index in [0.29, 0.717) is 0 Å². The lowest BCUT2D eigenvalue weighted by molar-refractivity contribution is 1.37. The van der Waals surface area contributed by atoms with Crippen LogP contribution in [0.15, 0.2) is 54.2 Å². The highest BCUT2D eigenvalue weighted by Gasteiger charge is 1.98. The molecule has 0 fully saturated rings. The molecule has 0 bridgehead atoms. The number of rotatable bonds is 2. The van der Waals surface area contributed by atoms with Crippen molar-refractivity contribution >= 4 is 5.71 Å². The highest BCUT2D eigenvalue weighted by atomic mass is 14.7. The van der Waals surface area contributed by atoms with E-state index in [9.17, 15) is 0 Å². The third kappa shape index (κ3) is 1.77. The minimum absolute atomic E-state index is 0.897. The average Bonchev–Trinajstić information content (AvgIpc) is 2.27. The van der Waals surface area contributed by atoms with Crippen molar-refractivity contribution in [3.05, 3.63) is 49.2 Å². The van der Waals surface area contributed by atoms with Crippen LogP contribution in [0.2, 0.25) is 0 Å². The minimum Gasteiger partial charge on any atom is -0.257 e. The summed E-state index contributed by atoms with van der Waals surface area (Å²) in [5, 5.41) is 0. The topological polar surface area (TPSA) is 12.4 Å². The third-order valence-corrected chi connectivity index (χ3v) is 1.50. The van der Waals surface area contributed by atoms with Gasteiger partial charge in [-0.2, -0.15) is 0 Å². The fraction of sp³-hybridized carbons (Fsp3) is 0.100. The highest BCUT2D eigenvalue weighted by Crippen LogP contribution is 2.07. The van der Waals surface area contributed by atoms with E-state index in [1.807, 2.05) is 6.08 Å². The Kier molecular flexibility index (Phi) is 2.61. The number of hydrogen-bond acceptors (Lipinski definition) is 1. The number of aliphatic imine (C=N–C) groups is 1. The van der Waals surface area contributed by atoms with Gasteiger partial charge in [0.15, 0.2) is 0 Å². The van der Waals surface area contributed by atoms with Crippen LogP contribution in [-0.2, 0) is 0 Å². The van der Waals surface area contributed by atoms with Gasteiger partial charge in [0.1, 0.15) is 0 Å². The molecule has 0 aromatic heterocycles. The summed E-state index contributed by atoms with van der Waals surface area (Å²) in [4.78, 5) is 4.17. The second-order valence-electron chi connectivity index (χ2n) is 2.20. The van der Waals surface area contributed by atoms with E-state index >= 15 is 0 Å². The van der Waals surface area contributed by atoms with Gasteiger partial charge in [-0.1, -0.05) is 31.4 Å². The summed E-state index contributed by atoms with van der Waals surface area (Å²) in [5.41, 5.74) is 1.96. The van der Waals surface area contributed by atoms with Crippen molar-refractivity contribution in [1.29, 1.82) is 0 Å². The second kappa shape index (κ2) is 3.71. The molecule has 1 nitrogen and oxygen atoms in total. The minimum atomic E-state index is 0.897. The summed E-state index contributed by atoms with van der Waals surface area (Å²) in [7, 11) is 0. The van der Waals surface area contributed by atoms with Gasteiger partial charge in [0.05, 0.1) is 5.71 Å². The largest absolute Gasteiger partial charge is 0.257 e. The van der Waals surface area contributed by atoms with Gasteiger partial charge in [0.2, 0.25) is 0 Å². The molecule has 1 heterocycles. The fourth-order valence-electron chi connectivity index (χ4n) is 0.926. The van der Waals surface area contributed by atoms with Gasteiger partial charge in [0, 0.05) is 6.20 Å². The summed E-state index contributed by atoms with van der Waals surface area (Å²) >= 11 is 0. The molecule has 0 amide bonds. The van der Waals surface area contributed by atoms with Crippen LogP contribution in [0.1, 0.15) is 6.42 Å². The second-order valence-corrected chi connectivity index (χ2v) is 2.20. The zero-order chi connectivity index (χ0) is 8.10. The predicted octanol–water partition coefficient (Wildman–Crippen LogP) is 2.64. The Bertz CT molecular complexity index is 254. The molecule has 0 saturated heterocycles. The summed E-state index contributed by atoms with van der Waals surface area (Å²) in [6.45, 7) is 7.37. The number of allylic oxidation sites excluding steroid dienone is 5. The van der Waals surface area contributed by atoms with Gasteiger partial charge >= 0.3 is 0 Å². The van der Waals surface area contributed by atoms with Crippen LogP contribution in [-0.4, -0.2) is 5.71 Å². The van der Waals surface area contributed by atoms with Gasteiger partial charge < -0.3 is 0 Å². The van der Waals surface area contributed by atoms with Crippen LogP contribution >= 0.6 is 0 Å². The van der Waals surface area contributed by atoms with Gasteiger partial charge in [0.25, 0.3) is 0 Å². The lowest BCUT2D eigenvalue weighted by atomic mass is 10.1. The molecule has 0 saturated carbocycles. The molecule has 0 N–H and O–H groups in total. The van der Waals surface area contributed by atoms with Crippen LogP contribution in [0, 0.1) is 0 Å². The Balaban J connectivity index is 2.99. The molecule has 0 unspecified atom stereocenters. The fourth-order valence-corrected chi connectivity index (χ4v) is 0.926. The molecule has 1 heteroatoms. The Labute approximate surface area is 67.2 Å². The Hall–Kier alpha value is -1.37. The van der Waals surface area contributed by atoms with Crippen molar-refractivity contribution in [3.8, 4) is 0 Å². The lowest BCUT2D eigenvalue weighted by Crippen LogP contribution is -1.93. The molecule has 0 spiro atoms. The smallest absolute Gasteiger partial charge is 0.0692 e. The number of nitrogens with zero attached hydrogens (tertiary/aromatic N) is 1. The SMILES string of the molecule is C=CC1=CCC=CN=C1C=C. The van der Waals surface area contributed by atoms with Crippen LogP contribution in [0.5, 0.6) is 0 Å². The lowest BCUT2D eigenvalue weighted by Gasteiger charge is -1.96. The van der Waals surface area contributed by atoms with Crippen LogP contribution < -0.4 is 0 Å². The van der Waals surface area contributed by atoms with E-state index in [4.69, 9.17) is 0 Å². The van der Waals surface area contributed by atoms with Gasteiger partial charge in [-0.05, 0) is 18.1 Å². The maximum atomic E-state index is 4.17. The Morgan fingerprint density at radius 3 is 2.82 bits per heavy atom. The Morgan fingerprint density at radius 1 is 1.36 bits per heavy atom. The van der Waals surface area contributed by atoms with Crippen molar-refractivity contribution < 1.29 is 0 Å². The maximum Gasteiger partial charge on any atom is 0.0692 e. The first-order valence-electron chi connectivity index (χ1n) is 3.56. The normalized spacial score (nSPS) is 16.4. The van der Waals surface area contributed by atoms with Crippen molar-refractivity contribution in [2.75, 3.05) is 0 Å². The van der Waals surface area contributed by atoms with Crippen molar-refractivity contribution in [2.45, 2.75) is 6.42 Å². The van der Waals surface area contributed by atoms with E-state index in [1.54, 1.807) is 18.4 Å². The molecule has 1 aliphatic rings. The zero-order valence-corrected chi connectivity index (χ0v) is 6.46. The van der Waals surface area contributed by atoms with Crippen molar-refractivity contribution in [2.24, 2.45) is 4.99 Å². The van der Waals surface area contributed by atoms with Crippen LogP contribution in [0.25, 0.3) is 0 Å². The monoisotopic (exact) mass is 145 g/mol. The summed E-state index contributed by atoms with van der Waals surface area (Å²) < 4.78 is 0. The standard InChI is InChI=1S/C10H11N/c1-3-9-7-5-6-8-11-10(9)4-2/h3-4,6-8H,1-2,5H2. The summed E-state index contributed by atoms with van der Waals surface area (Å²) in [5.74, 6) is 0. The zero-order valence-electron chi connectivity index (χ0n) is 6.46. The quantitative estimate of drug-likeness (QED) is 0.566. The molecule has 56 valence electrons. The van der Waals surface area contributed by atoms with E-state index < -0.39 is 0 Å². The van der Waals surface area contributed by atoms with Gasteiger partial charge in [-0.15, -0.1) is 0 Å². The molecule has 1 aliphatic heterocycles. The third-order valence-electron chi connectivity index (χ3n) is 1.50. The van der Waals surface area contributed by atoms with Crippen molar-refractivity contribution in [3.63, 3.8) is 0 Å². The predicted molar refractivity (Wildman–Crippen MR) is 49.7 cm³/mol. The van der Waals surface area contributed by atoms with Crippen LogP contribution in [0.3, 0.4) is 0 Å². The van der Waals surface area contributed by atoms with Crippen molar-refractivity contribution in [1.82, 2.24) is 0 Å². The highest BCUT2D eigenvalue weighted by molar-refractivity contribution is 6.10. The summed E-state index contributed by atoms with van der Waals surface area (Å²) in [6.07, 6.45) is 10.3. The molecule has 0 aromatic carbocycles. The first kappa shape index (κ1) is 7.73. The van der Waals surface area contributed by atoms with Gasteiger partial charge in [-0.3, -0.25) is 4.99 Å². The molecule has 0 aliphatic carbocycles. The first-order valence-corrected chi connectivity index (χ1v) is 3.56. The summed E-state index contributed by atoms with van der Waals surface area (Å²) in [6, 6.07) is 0. The van der Waals surface area contributed by atoms with E-state index in [1.165, 1.54) is 0 Å². The molecule has 0 radical (unpaired) electrons.